The summed E-state index contributed by atoms with van der Waals surface area (Å²) in [7, 11) is -3.03. The zero-order valence-electron chi connectivity index (χ0n) is 8.78. The third-order valence-electron chi connectivity index (χ3n) is 1.82. The Morgan fingerprint density at radius 2 is 1.43 bits per heavy atom. The van der Waals surface area contributed by atoms with Crippen molar-refractivity contribution < 1.29 is 22.0 Å². The minimum Gasteiger partial charge on any atom is -0.394 e. The maximum absolute atomic E-state index is 12.3. The van der Waals surface area contributed by atoms with Gasteiger partial charge in [0.05, 0.1) is 6.04 Å². The maximum Gasteiger partial charge on any atom is 0.391 e. The van der Waals surface area contributed by atoms with Crippen LogP contribution < -0.4 is 0 Å². The molecule has 0 radical (unpaired) electrons. The molecule has 0 saturated carbocycles. The molecule has 0 aliphatic heterocycles. The van der Waals surface area contributed by atoms with Crippen LogP contribution in [0.5, 0.6) is 0 Å². The molecule has 0 aromatic carbocycles. The van der Waals surface area contributed by atoms with Crippen LogP contribution in [0, 0.1) is 0 Å². The van der Waals surface area contributed by atoms with Crippen molar-refractivity contribution >= 4 is 8.56 Å². The summed E-state index contributed by atoms with van der Waals surface area (Å²) in [4.78, 5) is 0. The Hall–Kier alpha value is -0.0731. The standard InChI is InChI=1S/C8H17F3O2Si/c1-4-12-14(6-3,13-5-2)7-8(9,10)11/h4-7H2,1-3H3. The topological polar surface area (TPSA) is 18.5 Å². The van der Waals surface area contributed by atoms with Crippen molar-refractivity contribution in [2.45, 2.75) is 39.0 Å². The van der Waals surface area contributed by atoms with Gasteiger partial charge in [-0.1, -0.05) is 6.92 Å². The van der Waals surface area contributed by atoms with Gasteiger partial charge in [-0.15, -0.1) is 0 Å². The average molecular weight is 230 g/mol. The van der Waals surface area contributed by atoms with E-state index in [1.165, 1.54) is 0 Å². The number of hydrogen-bond acceptors (Lipinski definition) is 2. The number of hydrogen-bond donors (Lipinski definition) is 0. The molecule has 0 unspecified atom stereocenters. The molecule has 0 aromatic heterocycles. The van der Waals surface area contributed by atoms with Crippen LogP contribution in [0.4, 0.5) is 13.2 Å². The lowest BCUT2D eigenvalue weighted by Crippen LogP contribution is -2.45. The molecular weight excluding hydrogens is 213 g/mol. The van der Waals surface area contributed by atoms with Crippen molar-refractivity contribution in [1.82, 2.24) is 0 Å². The molecule has 0 heterocycles. The van der Waals surface area contributed by atoms with E-state index in [2.05, 4.69) is 0 Å². The van der Waals surface area contributed by atoms with Crippen molar-refractivity contribution in [3.63, 3.8) is 0 Å². The van der Waals surface area contributed by atoms with Crippen LogP contribution in [-0.2, 0) is 8.85 Å². The lowest BCUT2D eigenvalue weighted by molar-refractivity contribution is -0.117. The molecule has 14 heavy (non-hydrogen) atoms. The lowest BCUT2D eigenvalue weighted by atomic mass is 10.8. The quantitative estimate of drug-likeness (QED) is 0.653. The zero-order valence-corrected chi connectivity index (χ0v) is 9.78. The summed E-state index contributed by atoms with van der Waals surface area (Å²) in [6.07, 6.45) is -4.20. The van der Waals surface area contributed by atoms with Gasteiger partial charge < -0.3 is 8.85 Å². The van der Waals surface area contributed by atoms with Gasteiger partial charge in [-0.25, -0.2) is 0 Å². The van der Waals surface area contributed by atoms with E-state index in [1.807, 2.05) is 0 Å². The molecule has 0 atom stereocenters. The van der Waals surface area contributed by atoms with Gasteiger partial charge in [0.25, 0.3) is 0 Å². The van der Waals surface area contributed by atoms with E-state index >= 15 is 0 Å². The molecule has 0 aliphatic rings. The van der Waals surface area contributed by atoms with E-state index in [4.69, 9.17) is 8.85 Å². The Morgan fingerprint density at radius 1 is 1.00 bits per heavy atom. The van der Waals surface area contributed by atoms with Gasteiger partial charge in [-0.05, 0) is 19.9 Å². The van der Waals surface area contributed by atoms with Crippen LogP contribution in [0.25, 0.3) is 0 Å². The number of rotatable bonds is 6. The van der Waals surface area contributed by atoms with Crippen LogP contribution in [0.2, 0.25) is 12.1 Å². The smallest absolute Gasteiger partial charge is 0.391 e. The molecule has 0 fully saturated rings. The van der Waals surface area contributed by atoms with Crippen LogP contribution in [0.3, 0.4) is 0 Å². The van der Waals surface area contributed by atoms with E-state index in [9.17, 15) is 13.2 Å². The molecule has 0 N–H and O–H groups in total. The fourth-order valence-electron chi connectivity index (χ4n) is 1.30. The Balaban J connectivity index is 4.48. The summed E-state index contributed by atoms with van der Waals surface area (Å²) in [5.74, 6) is 0. The van der Waals surface area contributed by atoms with Crippen molar-refractivity contribution in [2.75, 3.05) is 13.2 Å². The second kappa shape index (κ2) is 5.72. The van der Waals surface area contributed by atoms with E-state index in [0.717, 1.165) is 0 Å². The van der Waals surface area contributed by atoms with Gasteiger partial charge in [0.2, 0.25) is 0 Å². The molecule has 0 rings (SSSR count). The largest absolute Gasteiger partial charge is 0.394 e. The first-order valence-electron chi connectivity index (χ1n) is 4.73. The molecule has 0 amide bonds. The highest BCUT2D eigenvalue weighted by molar-refractivity contribution is 6.67. The fourth-order valence-corrected chi connectivity index (χ4v) is 3.91. The van der Waals surface area contributed by atoms with E-state index < -0.39 is 20.8 Å². The molecular formula is C8H17F3O2Si. The van der Waals surface area contributed by atoms with Crippen molar-refractivity contribution in [1.29, 1.82) is 0 Å². The Bertz CT molecular complexity index is 155. The summed E-state index contributed by atoms with van der Waals surface area (Å²) >= 11 is 0. The summed E-state index contributed by atoms with van der Waals surface area (Å²) in [5.41, 5.74) is 0. The molecule has 0 spiro atoms. The van der Waals surface area contributed by atoms with Gasteiger partial charge in [0.1, 0.15) is 0 Å². The molecule has 6 heteroatoms. The first kappa shape index (κ1) is 13.9. The Morgan fingerprint density at radius 3 is 1.64 bits per heavy atom. The molecule has 0 saturated heterocycles. The molecule has 2 nitrogen and oxygen atoms in total. The van der Waals surface area contributed by atoms with E-state index in [1.54, 1.807) is 20.8 Å². The lowest BCUT2D eigenvalue weighted by Gasteiger charge is -2.29. The van der Waals surface area contributed by atoms with Gasteiger partial charge in [-0.2, -0.15) is 13.2 Å². The summed E-state index contributed by atoms with van der Waals surface area (Å²) in [6, 6.07) is -0.591. The minimum absolute atomic E-state index is 0.274. The third-order valence-corrected chi connectivity index (χ3v) is 5.47. The van der Waals surface area contributed by atoms with Crippen LogP contribution in [0.15, 0.2) is 0 Å². The van der Waals surface area contributed by atoms with Gasteiger partial charge in [0, 0.05) is 13.2 Å². The SMILES string of the molecule is CCO[Si](CC)(CC(F)(F)F)OCC. The van der Waals surface area contributed by atoms with E-state index in [-0.39, 0.29) is 13.2 Å². The third kappa shape index (κ3) is 4.97. The van der Waals surface area contributed by atoms with Crippen LogP contribution >= 0.6 is 0 Å². The highest BCUT2D eigenvalue weighted by atomic mass is 28.4. The monoisotopic (exact) mass is 230 g/mol. The average Bonchev–Trinajstić information content (AvgIpc) is 2.02. The summed E-state index contributed by atoms with van der Waals surface area (Å²) in [6.45, 7) is 5.61. The van der Waals surface area contributed by atoms with Gasteiger partial charge in [0.15, 0.2) is 0 Å². The number of alkyl halides is 3. The Labute approximate surface area is 83.6 Å². The first-order valence-corrected chi connectivity index (χ1v) is 6.97. The highest BCUT2D eigenvalue weighted by Crippen LogP contribution is 2.31. The maximum atomic E-state index is 12.3. The fraction of sp³-hybridized carbons (Fsp3) is 1.00. The van der Waals surface area contributed by atoms with Crippen LogP contribution in [-0.4, -0.2) is 28.0 Å². The zero-order chi connectivity index (χ0) is 11.2. The van der Waals surface area contributed by atoms with Crippen molar-refractivity contribution in [3.8, 4) is 0 Å². The predicted octanol–water partition coefficient (Wildman–Crippen LogP) is 3.08. The molecule has 86 valence electrons. The molecule has 0 aliphatic carbocycles. The summed E-state index contributed by atoms with van der Waals surface area (Å²) < 4.78 is 47.2. The predicted molar refractivity (Wildman–Crippen MR) is 50.3 cm³/mol. The number of halogens is 3. The second-order valence-corrected chi connectivity index (χ2v) is 6.38. The molecule has 0 aromatic rings. The van der Waals surface area contributed by atoms with Gasteiger partial charge >= 0.3 is 14.7 Å². The second-order valence-electron chi connectivity index (χ2n) is 2.92. The minimum atomic E-state index is -4.20. The Kier molecular flexibility index (Phi) is 5.69. The van der Waals surface area contributed by atoms with Crippen molar-refractivity contribution in [2.24, 2.45) is 0 Å². The molecule has 0 bridgehead atoms. The van der Waals surface area contributed by atoms with Gasteiger partial charge in [-0.3, -0.25) is 0 Å². The summed E-state index contributed by atoms with van der Waals surface area (Å²) in [5, 5.41) is 0. The van der Waals surface area contributed by atoms with Crippen molar-refractivity contribution in [3.05, 3.63) is 0 Å². The van der Waals surface area contributed by atoms with E-state index in [0.29, 0.717) is 6.04 Å². The first-order chi connectivity index (χ1) is 6.39. The highest BCUT2D eigenvalue weighted by Gasteiger charge is 2.46. The normalized spacial score (nSPS) is 13.3. The van der Waals surface area contributed by atoms with Crippen LogP contribution in [0.1, 0.15) is 20.8 Å².